The highest BCUT2D eigenvalue weighted by atomic mass is 28.4. The van der Waals surface area contributed by atoms with Gasteiger partial charge in [-0.25, -0.2) is 0 Å². The second kappa shape index (κ2) is 14.6. The smallest absolute Gasteiger partial charge is 0.378 e. The third kappa shape index (κ3) is 7.06. The van der Waals surface area contributed by atoms with E-state index in [-0.39, 0.29) is 0 Å². The van der Waals surface area contributed by atoms with Crippen LogP contribution in [0.15, 0.2) is 35.5 Å². The predicted molar refractivity (Wildman–Crippen MR) is 177 cm³/mol. The topological polar surface area (TPSA) is 36.9 Å². The second-order valence-electron chi connectivity index (χ2n) is 14.8. The maximum absolute atomic E-state index is 6.51. The van der Waals surface area contributed by atoms with Crippen molar-refractivity contribution in [3.8, 4) is 0 Å². The van der Waals surface area contributed by atoms with Crippen LogP contribution in [0.3, 0.4) is 0 Å². The molecule has 8 atom stereocenters. The van der Waals surface area contributed by atoms with Crippen LogP contribution in [-0.2, 0) is 18.0 Å². The second-order valence-corrected chi connectivity index (χ2v) is 17.5. The van der Waals surface area contributed by atoms with Crippen LogP contribution in [0.25, 0.3) is 0 Å². The Morgan fingerprint density at radius 1 is 0.857 bits per heavy atom. The average molecular weight is 601 g/mol. The first-order valence-electron chi connectivity index (χ1n) is 17.7. The highest BCUT2D eigenvalue weighted by molar-refractivity contribution is 6.60. The third-order valence-electron chi connectivity index (χ3n) is 12.1. The van der Waals surface area contributed by atoms with Crippen molar-refractivity contribution in [3.05, 3.63) is 35.5 Å². The summed E-state index contributed by atoms with van der Waals surface area (Å²) in [6.45, 7) is 23.5. The van der Waals surface area contributed by atoms with Crippen molar-refractivity contribution in [3.63, 3.8) is 0 Å². The molecule has 0 radical (unpaired) electrons. The van der Waals surface area contributed by atoms with E-state index in [1.807, 2.05) is 20.8 Å². The van der Waals surface area contributed by atoms with E-state index in [0.717, 1.165) is 43.2 Å². The Morgan fingerprint density at radius 3 is 2.19 bits per heavy atom. The Hall–Kier alpha value is -0.723. The molecule has 3 fully saturated rings. The number of allylic oxidation sites excluding steroid dienone is 5. The number of hydrogen-bond acceptors (Lipinski definition) is 4. The molecule has 3 saturated carbocycles. The van der Waals surface area contributed by atoms with Gasteiger partial charge in [0, 0.05) is 32.5 Å². The van der Waals surface area contributed by atoms with E-state index in [1.54, 1.807) is 11.1 Å². The zero-order valence-electron chi connectivity index (χ0n) is 28.7. The van der Waals surface area contributed by atoms with E-state index in [0.29, 0.717) is 54.5 Å². The zero-order valence-corrected chi connectivity index (χ0v) is 29.7. The molecule has 0 aromatic carbocycles. The summed E-state index contributed by atoms with van der Waals surface area (Å²) in [6, 6.07) is 0.829. The minimum Gasteiger partial charge on any atom is -0.378 e. The van der Waals surface area contributed by atoms with Gasteiger partial charge in [0.05, 0.1) is 6.10 Å². The number of hydrogen-bond donors (Lipinski definition) is 0. The summed E-state index contributed by atoms with van der Waals surface area (Å²) in [5.41, 5.74) is 4.19. The van der Waals surface area contributed by atoms with Gasteiger partial charge in [-0.15, -0.1) is 0 Å². The van der Waals surface area contributed by atoms with Crippen LogP contribution in [0.4, 0.5) is 0 Å². The first kappa shape index (κ1) is 34.2. The van der Waals surface area contributed by atoms with E-state index in [1.165, 1.54) is 38.5 Å². The van der Waals surface area contributed by atoms with Crippen molar-refractivity contribution in [1.29, 1.82) is 0 Å². The van der Waals surface area contributed by atoms with Crippen molar-refractivity contribution in [1.82, 2.24) is 0 Å². The maximum atomic E-state index is 6.51. The van der Waals surface area contributed by atoms with E-state index in [4.69, 9.17) is 18.0 Å². The molecule has 0 saturated heterocycles. The fraction of sp³-hybridized carbons (Fsp3) is 0.838. The minimum atomic E-state index is -2.59. The Bertz CT molecular complexity index is 954. The average Bonchev–Trinajstić information content (AvgIpc) is 3.31. The van der Waals surface area contributed by atoms with E-state index >= 15 is 0 Å². The molecule has 5 heteroatoms. The van der Waals surface area contributed by atoms with Crippen molar-refractivity contribution >= 4 is 8.80 Å². The summed E-state index contributed by atoms with van der Waals surface area (Å²) in [5.74, 6) is 4.32. The van der Waals surface area contributed by atoms with Crippen molar-refractivity contribution in [2.24, 2.45) is 46.3 Å². The molecule has 4 aliphatic carbocycles. The standard InChI is InChI=1S/C37H64O4Si/c1-10-39-42(40-11-2,41-12-3)25-13-24-38-31-20-22-36(8)30(26-31)16-17-32-34-19-18-33(37(34,9)23-21-35(32)36)29(7)15-14-28(6)27(4)5/h14-17,27-29,31,33-35H,10-13,18-26H2,1-9H3/b15-14+/t28-,29+,31-,33+,34-,35-,36-,37+/m0/s1. The molecule has 42 heavy (non-hydrogen) atoms. The molecule has 0 bridgehead atoms. The molecule has 0 spiro atoms. The molecular weight excluding hydrogens is 536 g/mol. The highest BCUT2D eigenvalue weighted by Gasteiger charge is 2.57. The monoisotopic (exact) mass is 600 g/mol. The lowest BCUT2D eigenvalue weighted by Gasteiger charge is -2.55. The zero-order chi connectivity index (χ0) is 30.5. The van der Waals surface area contributed by atoms with Gasteiger partial charge in [-0.3, -0.25) is 0 Å². The summed E-state index contributed by atoms with van der Waals surface area (Å²) < 4.78 is 24.6. The SMILES string of the molecule is CCO[Si](CCCO[C@H]1CC[C@@]2(C)C(=CC=C3[C@@H]4CC[C@H]([C@H](C)/C=C/[C@H](C)C(C)C)[C@@]4(C)CC[C@@H]32)C1)(OCC)OCC. The van der Waals surface area contributed by atoms with Gasteiger partial charge >= 0.3 is 8.80 Å². The van der Waals surface area contributed by atoms with Gasteiger partial charge < -0.3 is 18.0 Å². The largest absolute Gasteiger partial charge is 0.501 e. The summed E-state index contributed by atoms with van der Waals surface area (Å²) in [6.07, 6.45) is 20.4. The van der Waals surface area contributed by atoms with Crippen LogP contribution in [0.2, 0.25) is 6.04 Å². The number of ether oxygens (including phenoxy) is 1. The molecule has 240 valence electrons. The summed E-state index contributed by atoms with van der Waals surface area (Å²) in [5, 5.41) is 0. The van der Waals surface area contributed by atoms with Crippen molar-refractivity contribution < 1.29 is 18.0 Å². The lowest BCUT2D eigenvalue weighted by atomic mass is 9.50. The van der Waals surface area contributed by atoms with Crippen LogP contribution >= 0.6 is 0 Å². The predicted octanol–water partition coefficient (Wildman–Crippen LogP) is 9.79. The van der Waals surface area contributed by atoms with Crippen molar-refractivity contribution in [2.75, 3.05) is 26.4 Å². The fourth-order valence-electron chi connectivity index (χ4n) is 9.26. The molecule has 0 N–H and O–H groups in total. The molecule has 0 aliphatic heterocycles. The molecule has 0 aromatic heterocycles. The maximum Gasteiger partial charge on any atom is 0.501 e. The summed E-state index contributed by atoms with van der Waals surface area (Å²) in [7, 11) is -2.59. The van der Waals surface area contributed by atoms with Gasteiger partial charge in [0.2, 0.25) is 0 Å². The molecule has 4 rings (SSSR count). The minimum absolute atomic E-state index is 0.308. The number of fused-ring (bicyclic) bond motifs is 5. The quantitative estimate of drug-likeness (QED) is 0.106. The molecule has 0 amide bonds. The highest BCUT2D eigenvalue weighted by Crippen LogP contribution is 2.66. The summed E-state index contributed by atoms with van der Waals surface area (Å²) in [4.78, 5) is 0. The van der Waals surface area contributed by atoms with E-state index < -0.39 is 8.80 Å². The molecule has 0 aromatic rings. The van der Waals surface area contributed by atoms with E-state index in [2.05, 4.69) is 65.8 Å². The van der Waals surface area contributed by atoms with Crippen LogP contribution in [0.5, 0.6) is 0 Å². The lowest BCUT2D eigenvalue weighted by Crippen LogP contribution is -2.47. The Labute approximate surface area is 260 Å². The van der Waals surface area contributed by atoms with Gasteiger partial charge in [0.1, 0.15) is 0 Å². The Morgan fingerprint density at radius 2 is 1.55 bits per heavy atom. The third-order valence-corrected chi connectivity index (χ3v) is 15.2. The van der Waals surface area contributed by atoms with Crippen LogP contribution in [0, 0.1) is 46.3 Å². The van der Waals surface area contributed by atoms with Crippen LogP contribution in [-0.4, -0.2) is 41.3 Å². The summed E-state index contributed by atoms with van der Waals surface area (Å²) >= 11 is 0. The van der Waals surface area contributed by atoms with Gasteiger partial charge in [0.25, 0.3) is 0 Å². The van der Waals surface area contributed by atoms with E-state index in [9.17, 15) is 0 Å². The number of rotatable bonds is 15. The van der Waals surface area contributed by atoms with Gasteiger partial charge in [0.15, 0.2) is 0 Å². The first-order chi connectivity index (χ1) is 20.0. The fourth-order valence-corrected chi connectivity index (χ4v) is 11.8. The van der Waals surface area contributed by atoms with Gasteiger partial charge in [-0.2, -0.15) is 0 Å². The van der Waals surface area contributed by atoms with Gasteiger partial charge in [-0.05, 0) is 118 Å². The van der Waals surface area contributed by atoms with Crippen LogP contribution in [0.1, 0.15) is 114 Å². The first-order valence-corrected chi connectivity index (χ1v) is 19.6. The van der Waals surface area contributed by atoms with Crippen molar-refractivity contribution in [2.45, 2.75) is 126 Å². The van der Waals surface area contributed by atoms with Crippen LogP contribution < -0.4 is 0 Å². The Balaban J connectivity index is 1.38. The molecule has 0 heterocycles. The molecule has 0 unspecified atom stereocenters. The molecule has 4 aliphatic rings. The normalized spacial score (nSPS) is 34.5. The molecular formula is C37H64O4Si. The van der Waals surface area contributed by atoms with Gasteiger partial charge in [-0.1, -0.05) is 77.0 Å². The molecule has 4 nitrogen and oxygen atoms in total. The lowest BCUT2D eigenvalue weighted by molar-refractivity contribution is -0.000219. The Kier molecular flexibility index (Phi) is 11.9.